The van der Waals surface area contributed by atoms with Gasteiger partial charge in [-0.1, -0.05) is 27.2 Å². The summed E-state index contributed by atoms with van der Waals surface area (Å²) in [5, 5.41) is 12.5. The van der Waals surface area contributed by atoms with Crippen LogP contribution in [0.3, 0.4) is 0 Å². The molecule has 0 aliphatic heterocycles. The first-order chi connectivity index (χ1) is 9.73. The van der Waals surface area contributed by atoms with Gasteiger partial charge >= 0.3 is 5.97 Å². The lowest BCUT2D eigenvalue weighted by atomic mass is 9.93. The van der Waals surface area contributed by atoms with Gasteiger partial charge in [-0.25, -0.2) is 9.78 Å². The van der Waals surface area contributed by atoms with Crippen molar-refractivity contribution in [1.82, 2.24) is 9.88 Å². The van der Waals surface area contributed by atoms with E-state index in [9.17, 15) is 9.90 Å². The molecule has 0 aliphatic rings. The lowest BCUT2D eigenvalue weighted by molar-refractivity contribution is 0.0696. The van der Waals surface area contributed by atoms with E-state index in [0.29, 0.717) is 11.4 Å². The van der Waals surface area contributed by atoms with E-state index in [-0.39, 0.29) is 5.41 Å². The van der Waals surface area contributed by atoms with Gasteiger partial charge in [-0.05, 0) is 38.1 Å². The fraction of sp³-hybridized carbons (Fsp3) is 0.625. The fourth-order valence-corrected chi connectivity index (χ4v) is 2.43. The van der Waals surface area contributed by atoms with Gasteiger partial charge in [0.2, 0.25) is 0 Å². The molecule has 0 spiro atoms. The number of aromatic carboxylic acids is 1. The first-order valence-electron chi connectivity index (χ1n) is 7.36. The molecule has 0 saturated heterocycles. The van der Waals surface area contributed by atoms with Gasteiger partial charge in [0.05, 0.1) is 5.56 Å². The third kappa shape index (κ3) is 6.12. The SMILES string of the molecule is CCCc1cc(C(=O)O)cc(NCC(C)(C)CN(C)C)n1. The van der Waals surface area contributed by atoms with Crippen LogP contribution < -0.4 is 5.32 Å². The van der Waals surface area contributed by atoms with E-state index in [1.54, 1.807) is 12.1 Å². The number of carboxylic acid groups (broad SMARTS) is 1. The predicted octanol–water partition coefficient (Wildman–Crippen LogP) is 2.73. The molecule has 0 aromatic carbocycles. The van der Waals surface area contributed by atoms with Gasteiger partial charge in [0, 0.05) is 18.8 Å². The number of nitrogens with one attached hydrogen (secondary N) is 1. The molecule has 0 unspecified atom stereocenters. The van der Waals surface area contributed by atoms with Crippen LogP contribution in [0.5, 0.6) is 0 Å². The summed E-state index contributed by atoms with van der Waals surface area (Å²) in [6.45, 7) is 8.09. The van der Waals surface area contributed by atoms with Crippen molar-refractivity contribution in [3.05, 3.63) is 23.4 Å². The van der Waals surface area contributed by atoms with E-state index in [4.69, 9.17) is 0 Å². The Hall–Kier alpha value is -1.62. The second-order valence-electron chi connectivity index (χ2n) is 6.54. The molecule has 0 amide bonds. The van der Waals surface area contributed by atoms with Crippen molar-refractivity contribution in [2.45, 2.75) is 33.6 Å². The highest BCUT2D eigenvalue weighted by molar-refractivity contribution is 5.88. The summed E-state index contributed by atoms with van der Waals surface area (Å²) in [4.78, 5) is 17.8. The number of aromatic nitrogens is 1. The zero-order chi connectivity index (χ0) is 16.0. The summed E-state index contributed by atoms with van der Waals surface area (Å²) in [7, 11) is 4.09. The molecule has 0 saturated carbocycles. The largest absolute Gasteiger partial charge is 0.478 e. The van der Waals surface area contributed by atoms with Crippen molar-refractivity contribution in [3.8, 4) is 0 Å². The molecule has 0 radical (unpaired) electrons. The molecule has 1 heterocycles. The van der Waals surface area contributed by atoms with Crippen LogP contribution in [-0.2, 0) is 6.42 Å². The standard InChI is InChI=1S/C16H27N3O2/c1-6-7-13-8-12(15(20)21)9-14(18-13)17-10-16(2,3)11-19(4)5/h8-9H,6-7,10-11H2,1-5H3,(H,17,18)(H,20,21). The molecular weight excluding hydrogens is 266 g/mol. The highest BCUT2D eigenvalue weighted by Gasteiger charge is 2.19. The van der Waals surface area contributed by atoms with Crippen LogP contribution >= 0.6 is 0 Å². The van der Waals surface area contributed by atoms with E-state index in [1.165, 1.54) is 0 Å². The van der Waals surface area contributed by atoms with Crippen molar-refractivity contribution in [1.29, 1.82) is 0 Å². The number of aryl methyl sites for hydroxylation is 1. The molecule has 1 aromatic heterocycles. The second kappa shape index (κ2) is 7.41. The minimum absolute atomic E-state index is 0.0787. The topological polar surface area (TPSA) is 65.5 Å². The van der Waals surface area contributed by atoms with E-state index < -0.39 is 5.97 Å². The molecule has 0 fully saturated rings. The van der Waals surface area contributed by atoms with Crippen LogP contribution in [0.1, 0.15) is 43.2 Å². The second-order valence-corrected chi connectivity index (χ2v) is 6.54. The first-order valence-corrected chi connectivity index (χ1v) is 7.36. The van der Waals surface area contributed by atoms with Gasteiger partial charge < -0.3 is 15.3 Å². The lowest BCUT2D eigenvalue weighted by Crippen LogP contribution is -2.34. The quantitative estimate of drug-likeness (QED) is 0.771. The van der Waals surface area contributed by atoms with E-state index in [1.807, 2.05) is 14.1 Å². The molecule has 0 atom stereocenters. The summed E-state index contributed by atoms with van der Waals surface area (Å²) < 4.78 is 0. The average molecular weight is 293 g/mol. The summed E-state index contributed by atoms with van der Waals surface area (Å²) in [5.74, 6) is -0.268. The van der Waals surface area contributed by atoms with Gasteiger partial charge in [-0.3, -0.25) is 0 Å². The summed E-state index contributed by atoms with van der Waals surface area (Å²) in [6, 6.07) is 3.26. The Bertz CT molecular complexity index is 484. The highest BCUT2D eigenvalue weighted by Crippen LogP contribution is 2.18. The minimum Gasteiger partial charge on any atom is -0.478 e. The number of anilines is 1. The predicted molar refractivity (Wildman–Crippen MR) is 86.0 cm³/mol. The monoisotopic (exact) mass is 293 g/mol. The molecule has 5 nitrogen and oxygen atoms in total. The fourth-order valence-electron chi connectivity index (χ4n) is 2.43. The number of rotatable bonds is 8. The van der Waals surface area contributed by atoms with E-state index in [2.05, 4.69) is 36.0 Å². The van der Waals surface area contributed by atoms with E-state index in [0.717, 1.165) is 31.6 Å². The number of hydrogen-bond donors (Lipinski definition) is 2. The number of pyridine rings is 1. The lowest BCUT2D eigenvalue weighted by Gasteiger charge is -2.28. The van der Waals surface area contributed by atoms with Crippen LogP contribution in [-0.4, -0.2) is 48.1 Å². The van der Waals surface area contributed by atoms with Crippen LogP contribution in [0.15, 0.2) is 12.1 Å². The molecule has 5 heteroatoms. The Morgan fingerprint density at radius 3 is 2.57 bits per heavy atom. The maximum absolute atomic E-state index is 11.2. The van der Waals surface area contributed by atoms with E-state index >= 15 is 0 Å². The average Bonchev–Trinajstić information content (AvgIpc) is 2.35. The smallest absolute Gasteiger partial charge is 0.335 e. The molecule has 0 bridgehead atoms. The Balaban J connectivity index is 2.84. The molecule has 1 rings (SSSR count). The summed E-state index contributed by atoms with van der Waals surface area (Å²) in [5.41, 5.74) is 1.20. The van der Waals surface area contributed by atoms with Gasteiger partial charge in [0.1, 0.15) is 5.82 Å². The van der Waals surface area contributed by atoms with Gasteiger partial charge in [0.15, 0.2) is 0 Å². The zero-order valence-corrected chi connectivity index (χ0v) is 13.7. The van der Waals surface area contributed by atoms with Gasteiger partial charge in [-0.2, -0.15) is 0 Å². The van der Waals surface area contributed by atoms with Crippen LogP contribution in [0.2, 0.25) is 0 Å². The first kappa shape index (κ1) is 17.4. The maximum atomic E-state index is 11.2. The molecule has 2 N–H and O–H groups in total. The number of hydrogen-bond acceptors (Lipinski definition) is 4. The molecular formula is C16H27N3O2. The Labute approximate surface area is 127 Å². The van der Waals surface area contributed by atoms with Crippen LogP contribution in [0.25, 0.3) is 0 Å². The third-order valence-electron chi connectivity index (χ3n) is 3.12. The van der Waals surface area contributed by atoms with Crippen molar-refractivity contribution in [2.24, 2.45) is 5.41 Å². The summed E-state index contributed by atoms with van der Waals surface area (Å²) >= 11 is 0. The molecule has 0 aliphatic carbocycles. The molecule has 118 valence electrons. The Morgan fingerprint density at radius 1 is 1.38 bits per heavy atom. The van der Waals surface area contributed by atoms with Crippen molar-refractivity contribution in [3.63, 3.8) is 0 Å². The van der Waals surface area contributed by atoms with Crippen LogP contribution in [0, 0.1) is 5.41 Å². The normalized spacial score (nSPS) is 11.7. The number of carbonyl (C=O) groups is 1. The number of carboxylic acids is 1. The zero-order valence-electron chi connectivity index (χ0n) is 13.7. The van der Waals surface area contributed by atoms with Gasteiger partial charge in [0.25, 0.3) is 0 Å². The molecule has 1 aromatic rings. The maximum Gasteiger partial charge on any atom is 0.335 e. The summed E-state index contributed by atoms with van der Waals surface area (Å²) in [6.07, 6.45) is 1.73. The van der Waals surface area contributed by atoms with Crippen molar-refractivity contribution in [2.75, 3.05) is 32.5 Å². The van der Waals surface area contributed by atoms with Crippen molar-refractivity contribution >= 4 is 11.8 Å². The Morgan fingerprint density at radius 2 is 2.05 bits per heavy atom. The molecule has 21 heavy (non-hydrogen) atoms. The van der Waals surface area contributed by atoms with Gasteiger partial charge in [-0.15, -0.1) is 0 Å². The highest BCUT2D eigenvalue weighted by atomic mass is 16.4. The number of nitrogens with zero attached hydrogens (tertiary/aromatic N) is 2. The van der Waals surface area contributed by atoms with Crippen molar-refractivity contribution < 1.29 is 9.90 Å². The Kier molecular flexibility index (Phi) is 6.15. The third-order valence-corrected chi connectivity index (χ3v) is 3.12. The van der Waals surface area contributed by atoms with Crippen LogP contribution in [0.4, 0.5) is 5.82 Å². The minimum atomic E-state index is -0.912.